The van der Waals surface area contributed by atoms with Crippen molar-refractivity contribution in [1.29, 1.82) is 0 Å². The van der Waals surface area contributed by atoms with Crippen LogP contribution in [0.25, 0.3) is 0 Å². The molecule has 4 heteroatoms. The zero-order chi connectivity index (χ0) is 14.7. The Kier molecular flexibility index (Phi) is 5.11. The Balaban J connectivity index is 2.43. The number of nitrogens with two attached hydrogens (primary N) is 1. The predicted molar refractivity (Wildman–Crippen MR) is 77.3 cm³/mol. The van der Waals surface area contributed by atoms with Crippen LogP contribution < -0.4 is 5.73 Å². The molecule has 0 saturated carbocycles. The number of rotatable bonds is 3. The summed E-state index contributed by atoms with van der Waals surface area (Å²) >= 11 is 0. The SMILES string of the molecule is CC(C)N1CCCCC(CN)C1c1ccc(F)cc1F. The molecular formula is C16H24F2N2. The van der Waals surface area contributed by atoms with Crippen molar-refractivity contribution in [3.05, 3.63) is 35.4 Å². The van der Waals surface area contributed by atoms with Gasteiger partial charge < -0.3 is 5.73 Å². The first kappa shape index (κ1) is 15.4. The molecule has 1 aromatic carbocycles. The van der Waals surface area contributed by atoms with Crippen LogP contribution in [0.15, 0.2) is 18.2 Å². The number of hydrogen-bond acceptors (Lipinski definition) is 2. The molecule has 0 aliphatic carbocycles. The number of halogens is 2. The number of benzene rings is 1. The maximum Gasteiger partial charge on any atom is 0.130 e. The lowest BCUT2D eigenvalue weighted by atomic mass is 9.88. The summed E-state index contributed by atoms with van der Waals surface area (Å²) in [5.41, 5.74) is 6.50. The highest BCUT2D eigenvalue weighted by Crippen LogP contribution is 2.37. The highest BCUT2D eigenvalue weighted by atomic mass is 19.1. The van der Waals surface area contributed by atoms with E-state index in [4.69, 9.17) is 5.73 Å². The third kappa shape index (κ3) is 3.18. The molecule has 0 bridgehead atoms. The van der Waals surface area contributed by atoms with Crippen molar-refractivity contribution >= 4 is 0 Å². The molecule has 1 saturated heterocycles. The molecule has 20 heavy (non-hydrogen) atoms. The first-order chi connectivity index (χ1) is 9.54. The molecule has 1 aliphatic rings. The molecule has 1 heterocycles. The molecule has 2 unspecified atom stereocenters. The van der Waals surface area contributed by atoms with Gasteiger partial charge >= 0.3 is 0 Å². The van der Waals surface area contributed by atoms with Crippen molar-refractivity contribution in [1.82, 2.24) is 4.90 Å². The summed E-state index contributed by atoms with van der Waals surface area (Å²) in [4.78, 5) is 2.31. The molecular weight excluding hydrogens is 258 g/mol. The van der Waals surface area contributed by atoms with Crippen LogP contribution in [0.2, 0.25) is 0 Å². The fourth-order valence-electron chi connectivity index (χ4n) is 3.27. The maximum atomic E-state index is 14.2. The highest BCUT2D eigenvalue weighted by Gasteiger charge is 2.33. The highest BCUT2D eigenvalue weighted by molar-refractivity contribution is 5.23. The molecule has 112 valence electrons. The van der Waals surface area contributed by atoms with E-state index in [-0.39, 0.29) is 12.0 Å². The third-order valence-corrected chi connectivity index (χ3v) is 4.29. The predicted octanol–water partition coefficient (Wildman–Crippen LogP) is 3.48. The standard InChI is InChI=1S/C16H24F2N2/c1-11(2)20-8-4-3-5-12(10-19)16(20)14-7-6-13(17)9-15(14)18/h6-7,9,11-12,16H,3-5,8,10,19H2,1-2H3. The van der Waals surface area contributed by atoms with Crippen molar-refractivity contribution in [3.63, 3.8) is 0 Å². The maximum absolute atomic E-state index is 14.2. The van der Waals surface area contributed by atoms with Gasteiger partial charge in [-0.3, -0.25) is 4.90 Å². The molecule has 0 spiro atoms. The Hall–Kier alpha value is -1.00. The lowest BCUT2D eigenvalue weighted by Gasteiger charge is -2.38. The van der Waals surface area contributed by atoms with Crippen molar-refractivity contribution in [2.45, 2.75) is 45.2 Å². The third-order valence-electron chi connectivity index (χ3n) is 4.29. The largest absolute Gasteiger partial charge is 0.330 e. The zero-order valence-electron chi connectivity index (χ0n) is 12.3. The summed E-state index contributed by atoms with van der Waals surface area (Å²) < 4.78 is 27.4. The molecule has 2 rings (SSSR count). The van der Waals surface area contributed by atoms with Gasteiger partial charge in [0.1, 0.15) is 11.6 Å². The van der Waals surface area contributed by atoms with E-state index < -0.39 is 11.6 Å². The van der Waals surface area contributed by atoms with E-state index in [1.165, 1.54) is 6.07 Å². The summed E-state index contributed by atoms with van der Waals surface area (Å²) in [6, 6.07) is 4.17. The van der Waals surface area contributed by atoms with E-state index in [1.807, 2.05) is 0 Å². The summed E-state index contributed by atoms with van der Waals surface area (Å²) in [7, 11) is 0. The van der Waals surface area contributed by atoms with E-state index in [0.29, 0.717) is 18.2 Å². The summed E-state index contributed by atoms with van der Waals surface area (Å²) in [6.07, 6.45) is 3.22. The number of nitrogens with zero attached hydrogens (tertiary/aromatic N) is 1. The van der Waals surface area contributed by atoms with E-state index in [1.54, 1.807) is 6.07 Å². The van der Waals surface area contributed by atoms with Gasteiger partial charge in [0.05, 0.1) is 0 Å². The number of likely N-dealkylation sites (tertiary alicyclic amines) is 1. The minimum atomic E-state index is -0.528. The van der Waals surface area contributed by atoms with E-state index in [9.17, 15) is 8.78 Å². The quantitative estimate of drug-likeness (QED) is 0.919. The fourth-order valence-corrected chi connectivity index (χ4v) is 3.27. The van der Waals surface area contributed by atoms with Crippen LogP contribution >= 0.6 is 0 Å². The van der Waals surface area contributed by atoms with Crippen molar-refractivity contribution in [3.8, 4) is 0 Å². The molecule has 0 amide bonds. The van der Waals surface area contributed by atoms with Gasteiger partial charge in [0.2, 0.25) is 0 Å². The lowest BCUT2D eigenvalue weighted by molar-refractivity contribution is 0.118. The van der Waals surface area contributed by atoms with Crippen LogP contribution in [0.4, 0.5) is 8.78 Å². The second-order valence-electron chi connectivity index (χ2n) is 5.93. The average molecular weight is 282 g/mol. The van der Waals surface area contributed by atoms with Gasteiger partial charge in [0.25, 0.3) is 0 Å². The Morgan fingerprint density at radius 2 is 2.05 bits per heavy atom. The van der Waals surface area contributed by atoms with Crippen LogP contribution in [0.1, 0.15) is 44.7 Å². The van der Waals surface area contributed by atoms with Crippen LogP contribution in [0.5, 0.6) is 0 Å². The first-order valence-electron chi connectivity index (χ1n) is 7.45. The smallest absolute Gasteiger partial charge is 0.130 e. The van der Waals surface area contributed by atoms with Gasteiger partial charge in [-0.2, -0.15) is 0 Å². The zero-order valence-corrected chi connectivity index (χ0v) is 12.3. The molecule has 2 N–H and O–H groups in total. The Labute approximate surface area is 120 Å². The van der Waals surface area contributed by atoms with E-state index in [2.05, 4.69) is 18.7 Å². The van der Waals surface area contributed by atoms with Gasteiger partial charge in [0.15, 0.2) is 0 Å². The molecule has 1 aliphatic heterocycles. The molecule has 0 aromatic heterocycles. The van der Waals surface area contributed by atoms with Gasteiger partial charge in [-0.05, 0) is 51.8 Å². The minimum Gasteiger partial charge on any atom is -0.330 e. The van der Waals surface area contributed by atoms with Crippen LogP contribution in [-0.2, 0) is 0 Å². The summed E-state index contributed by atoms with van der Waals surface area (Å²) in [5, 5.41) is 0. The Morgan fingerprint density at radius 1 is 1.30 bits per heavy atom. The van der Waals surface area contributed by atoms with Gasteiger partial charge in [0, 0.05) is 23.7 Å². The van der Waals surface area contributed by atoms with Crippen molar-refractivity contribution < 1.29 is 8.78 Å². The summed E-state index contributed by atoms with van der Waals surface area (Å²) in [5.74, 6) is -0.763. The van der Waals surface area contributed by atoms with E-state index in [0.717, 1.165) is 31.9 Å². The monoisotopic (exact) mass is 282 g/mol. The van der Waals surface area contributed by atoms with Gasteiger partial charge in [-0.1, -0.05) is 12.5 Å². The van der Waals surface area contributed by atoms with Gasteiger partial charge in [-0.15, -0.1) is 0 Å². The van der Waals surface area contributed by atoms with Crippen LogP contribution in [0, 0.1) is 17.6 Å². The minimum absolute atomic E-state index is 0.0527. The van der Waals surface area contributed by atoms with Crippen molar-refractivity contribution in [2.75, 3.05) is 13.1 Å². The Bertz CT molecular complexity index is 448. The first-order valence-corrected chi connectivity index (χ1v) is 7.45. The topological polar surface area (TPSA) is 29.3 Å². The fraction of sp³-hybridized carbons (Fsp3) is 0.625. The Morgan fingerprint density at radius 3 is 2.65 bits per heavy atom. The van der Waals surface area contributed by atoms with Crippen LogP contribution in [-0.4, -0.2) is 24.0 Å². The average Bonchev–Trinajstić information content (AvgIpc) is 2.61. The van der Waals surface area contributed by atoms with Crippen LogP contribution in [0.3, 0.4) is 0 Å². The molecule has 2 nitrogen and oxygen atoms in total. The van der Waals surface area contributed by atoms with E-state index >= 15 is 0 Å². The summed E-state index contributed by atoms with van der Waals surface area (Å²) in [6.45, 7) is 5.71. The number of hydrogen-bond donors (Lipinski definition) is 1. The molecule has 2 atom stereocenters. The van der Waals surface area contributed by atoms with Gasteiger partial charge in [-0.25, -0.2) is 8.78 Å². The molecule has 0 radical (unpaired) electrons. The normalized spacial score (nSPS) is 24.9. The molecule has 1 aromatic rings. The van der Waals surface area contributed by atoms with Crippen molar-refractivity contribution in [2.24, 2.45) is 11.7 Å². The lowest BCUT2D eigenvalue weighted by Crippen LogP contribution is -2.40. The second kappa shape index (κ2) is 6.64. The second-order valence-corrected chi connectivity index (χ2v) is 5.93. The molecule has 1 fully saturated rings.